The topological polar surface area (TPSA) is 44.1 Å². The maximum Gasteiger partial charge on any atom is 0.222 e. The van der Waals surface area contributed by atoms with E-state index in [1.54, 1.807) is 11.0 Å². The van der Waals surface area contributed by atoms with Crippen molar-refractivity contribution < 1.29 is 4.79 Å². The summed E-state index contributed by atoms with van der Waals surface area (Å²) < 4.78 is 0. The van der Waals surface area contributed by atoms with Gasteiger partial charge in [0.05, 0.1) is 11.6 Å². The van der Waals surface area contributed by atoms with Gasteiger partial charge in [0.25, 0.3) is 0 Å². The van der Waals surface area contributed by atoms with Crippen LogP contribution in [0, 0.1) is 17.2 Å². The fourth-order valence-corrected chi connectivity index (χ4v) is 2.20. The fourth-order valence-electron chi connectivity index (χ4n) is 2.20. The molecule has 1 aliphatic rings. The van der Waals surface area contributed by atoms with Crippen molar-refractivity contribution >= 4 is 5.91 Å². The minimum Gasteiger partial charge on any atom is -0.341 e. The summed E-state index contributed by atoms with van der Waals surface area (Å²) in [5.41, 5.74) is 1.66. The van der Waals surface area contributed by atoms with Crippen molar-refractivity contribution in [1.29, 1.82) is 5.26 Å². The average Bonchev–Trinajstić information content (AvgIpc) is 2.33. The van der Waals surface area contributed by atoms with Crippen molar-refractivity contribution in [3.05, 3.63) is 35.4 Å². The highest BCUT2D eigenvalue weighted by molar-refractivity contribution is 5.76. The van der Waals surface area contributed by atoms with Crippen LogP contribution in [0.2, 0.25) is 0 Å². The largest absolute Gasteiger partial charge is 0.341 e. The maximum absolute atomic E-state index is 12.0. The van der Waals surface area contributed by atoms with Crippen LogP contribution in [-0.4, -0.2) is 17.9 Å². The molecule has 0 saturated heterocycles. The van der Waals surface area contributed by atoms with Crippen LogP contribution in [-0.2, 0) is 11.3 Å². The smallest absolute Gasteiger partial charge is 0.222 e. The van der Waals surface area contributed by atoms with Crippen molar-refractivity contribution in [2.24, 2.45) is 5.92 Å². The van der Waals surface area contributed by atoms with Crippen molar-refractivity contribution in [2.45, 2.75) is 32.2 Å². The van der Waals surface area contributed by atoms with Crippen molar-refractivity contribution in [3.63, 3.8) is 0 Å². The molecule has 1 aromatic carbocycles. The predicted octanol–water partition coefficient (Wildman–Crippen LogP) is 2.71. The van der Waals surface area contributed by atoms with Crippen LogP contribution in [0.5, 0.6) is 0 Å². The monoisotopic (exact) mass is 242 g/mol. The first-order valence-electron chi connectivity index (χ1n) is 6.42. The van der Waals surface area contributed by atoms with E-state index >= 15 is 0 Å². The van der Waals surface area contributed by atoms with Crippen molar-refractivity contribution in [1.82, 2.24) is 4.90 Å². The van der Waals surface area contributed by atoms with Gasteiger partial charge in [-0.3, -0.25) is 4.79 Å². The molecule has 0 atom stereocenters. The Labute approximate surface area is 108 Å². The summed E-state index contributed by atoms with van der Waals surface area (Å²) >= 11 is 0. The number of carbonyl (C=O) groups excluding carboxylic acids is 1. The average molecular weight is 242 g/mol. The molecule has 0 bridgehead atoms. The Morgan fingerprint density at radius 2 is 2.28 bits per heavy atom. The Bertz CT molecular complexity index is 472. The minimum atomic E-state index is 0.210. The normalized spacial score (nSPS) is 14.7. The van der Waals surface area contributed by atoms with E-state index in [-0.39, 0.29) is 5.91 Å². The van der Waals surface area contributed by atoms with Gasteiger partial charge in [0.2, 0.25) is 5.91 Å². The summed E-state index contributed by atoms with van der Waals surface area (Å²) in [4.78, 5) is 13.7. The van der Waals surface area contributed by atoms with E-state index in [0.29, 0.717) is 24.4 Å². The number of hydrogen-bond donors (Lipinski definition) is 0. The van der Waals surface area contributed by atoms with Crippen LogP contribution in [0.15, 0.2) is 24.3 Å². The molecule has 0 aliphatic heterocycles. The van der Waals surface area contributed by atoms with Gasteiger partial charge in [-0.1, -0.05) is 18.6 Å². The molecule has 1 saturated carbocycles. The second kappa shape index (κ2) is 5.68. The van der Waals surface area contributed by atoms with Gasteiger partial charge >= 0.3 is 0 Å². The quantitative estimate of drug-likeness (QED) is 0.814. The molecular weight excluding hydrogens is 224 g/mol. The zero-order valence-electron chi connectivity index (χ0n) is 10.7. The summed E-state index contributed by atoms with van der Waals surface area (Å²) in [6.07, 6.45) is 4.34. The molecule has 1 aliphatic carbocycles. The Morgan fingerprint density at radius 3 is 2.89 bits per heavy atom. The molecule has 3 nitrogen and oxygen atoms in total. The van der Waals surface area contributed by atoms with Crippen LogP contribution in [0.1, 0.15) is 36.8 Å². The summed E-state index contributed by atoms with van der Waals surface area (Å²) in [6, 6.07) is 9.55. The Balaban J connectivity index is 1.91. The summed E-state index contributed by atoms with van der Waals surface area (Å²) in [5, 5.41) is 8.83. The first-order valence-corrected chi connectivity index (χ1v) is 6.42. The molecule has 0 N–H and O–H groups in total. The molecule has 0 radical (unpaired) electrons. The molecule has 1 amide bonds. The van der Waals surface area contributed by atoms with E-state index in [4.69, 9.17) is 5.26 Å². The predicted molar refractivity (Wildman–Crippen MR) is 69.6 cm³/mol. The lowest BCUT2D eigenvalue weighted by Gasteiger charge is -2.27. The number of nitriles is 1. The number of carbonyl (C=O) groups is 1. The van der Waals surface area contributed by atoms with Crippen LogP contribution in [0.3, 0.4) is 0 Å². The second-order valence-electron chi connectivity index (χ2n) is 5.06. The molecule has 0 aromatic heterocycles. The third kappa shape index (κ3) is 3.10. The van der Waals surface area contributed by atoms with Gasteiger partial charge in [-0.05, 0) is 36.5 Å². The van der Waals surface area contributed by atoms with Crippen molar-refractivity contribution in [3.8, 4) is 6.07 Å². The molecule has 2 rings (SSSR count). The highest BCUT2D eigenvalue weighted by Gasteiger charge is 2.22. The van der Waals surface area contributed by atoms with Gasteiger partial charge in [-0.15, -0.1) is 0 Å². The summed E-state index contributed by atoms with van der Waals surface area (Å²) in [6.45, 7) is 0.584. The van der Waals surface area contributed by atoms with Gasteiger partial charge in [0.15, 0.2) is 0 Å². The van der Waals surface area contributed by atoms with Crippen LogP contribution in [0.4, 0.5) is 0 Å². The lowest BCUT2D eigenvalue weighted by molar-refractivity contribution is -0.132. The van der Waals surface area contributed by atoms with Crippen LogP contribution in [0.25, 0.3) is 0 Å². The first kappa shape index (κ1) is 12.6. The molecule has 18 heavy (non-hydrogen) atoms. The molecule has 0 heterocycles. The second-order valence-corrected chi connectivity index (χ2v) is 5.06. The number of rotatable bonds is 4. The van der Waals surface area contributed by atoms with E-state index in [1.807, 2.05) is 25.2 Å². The highest BCUT2D eigenvalue weighted by Crippen LogP contribution is 2.29. The standard InChI is InChI=1S/C15H18N2O/c1-17(15(18)9-12-4-2-5-12)11-14-7-3-6-13(8-14)10-16/h3,6-8,12H,2,4-5,9,11H2,1H3. The van der Waals surface area contributed by atoms with Gasteiger partial charge < -0.3 is 4.90 Å². The van der Waals surface area contributed by atoms with E-state index in [2.05, 4.69) is 6.07 Å². The van der Waals surface area contributed by atoms with E-state index in [9.17, 15) is 4.79 Å². The Morgan fingerprint density at radius 1 is 1.50 bits per heavy atom. The number of hydrogen-bond acceptors (Lipinski definition) is 2. The highest BCUT2D eigenvalue weighted by atomic mass is 16.2. The van der Waals surface area contributed by atoms with Crippen molar-refractivity contribution in [2.75, 3.05) is 7.05 Å². The minimum absolute atomic E-state index is 0.210. The summed E-state index contributed by atoms with van der Waals surface area (Å²) in [7, 11) is 1.83. The first-order chi connectivity index (χ1) is 8.69. The molecule has 3 heteroatoms. The third-order valence-corrected chi connectivity index (χ3v) is 3.59. The lowest BCUT2D eigenvalue weighted by Crippen LogP contribution is -2.29. The molecule has 0 spiro atoms. The zero-order valence-corrected chi connectivity index (χ0v) is 10.7. The molecule has 1 aromatic rings. The lowest BCUT2D eigenvalue weighted by atomic mass is 9.83. The van der Waals surface area contributed by atoms with Gasteiger partial charge in [0, 0.05) is 20.0 Å². The van der Waals surface area contributed by atoms with Crippen LogP contribution < -0.4 is 0 Å². The van der Waals surface area contributed by atoms with Crippen LogP contribution >= 0.6 is 0 Å². The van der Waals surface area contributed by atoms with E-state index in [1.165, 1.54) is 19.3 Å². The Hall–Kier alpha value is -1.82. The fraction of sp³-hybridized carbons (Fsp3) is 0.467. The Kier molecular flexibility index (Phi) is 3.99. The van der Waals surface area contributed by atoms with Gasteiger partial charge in [0.1, 0.15) is 0 Å². The summed E-state index contributed by atoms with van der Waals surface area (Å²) in [5.74, 6) is 0.812. The molecule has 1 fully saturated rings. The number of benzene rings is 1. The van der Waals surface area contributed by atoms with E-state index < -0.39 is 0 Å². The molecule has 0 unspecified atom stereocenters. The maximum atomic E-state index is 12.0. The third-order valence-electron chi connectivity index (χ3n) is 3.59. The van der Waals surface area contributed by atoms with Gasteiger partial charge in [-0.2, -0.15) is 5.26 Å². The zero-order chi connectivity index (χ0) is 13.0. The van der Waals surface area contributed by atoms with Gasteiger partial charge in [-0.25, -0.2) is 0 Å². The van der Waals surface area contributed by atoms with E-state index in [0.717, 1.165) is 5.56 Å². The molecule has 94 valence electrons. The number of nitrogens with zero attached hydrogens (tertiary/aromatic N) is 2. The molecular formula is C15H18N2O. The number of amides is 1. The SMILES string of the molecule is CN(Cc1cccc(C#N)c1)C(=O)CC1CCC1.